The van der Waals surface area contributed by atoms with Crippen LogP contribution in [0.1, 0.15) is 19.4 Å². The third kappa shape index (κ3) is 3.87. The molecule has 0 N–H and O–H groups in total. The second kappa shape index (κ2) is 6.79. The SMILES string of the molecule is COC(=O)[C@@H](N=Cc1cccc(OC)c1)C(C)C. The van der Waals surface area contributed by atoms with Crippen LogP contribution in [0.5, 0.6) is 5.75 Å². The van der Waals surface area contributed by atoms with Crippen molar-refractivity contribution in [1.82, 2.24) is 0 Å². The molecule has 18 heavy (non-hydrogen) atoms. The Hall–Kier alpha value is -1.84. The fraction of sp³-hybridized carbons (Fsp3) is 0.429. The molecule has 0 aliphatic rings. The summed E-state index contributed by atoms with van der Waals surface area (Å²) in [4.78, 5) is 15.8. The zero-order chi connectivity index (χ0) is 13.5. The molecule has 0 saturated carbocycles. The molecule has 1 aromatic carbocycles. The van der Waals surface area contributed by atoms with Crippen molar-refractivity contribution < 1.29 is 14.3 Å². The van der Waals surface area contributed by atoms with Crippen LogP contribution in [-0.4, -0.2) is 32.4 Å². The van der Waals surface area contributed by atoms with Gasteiger partial charge in [0.1, 0.15) is 11.8 Å². The van der Waals surface area contributed by atoms with E-state index < -0.39 is 6.04 Å². The smallest absolute Gasteiger partial charge is 0.330 e. The van der Waals surface area contributed by atoms with Crippen molar-refractivity contribution >= 4 is 12.2 Å². The van der Waals surface area contributed by atoms with Gasteiger partial charge < -0.3 is 9.47 Å². The molecule has 0 aromatic heterocycles. The number of rotatable bonds is 5. The standard InChI is InChI=1S/C14H19NO3/c1-10(2)13(14(16)18-4)15-9-11-6-5-7-12(8-11)17-3/h5-10,13H,1-4H3/t13-/m0/s1. The maximum Gasteiger partial charge on any atom is 0.330 e. The minimum absolute atomic E-state index is 0.0966. The quantitative estimate of drug-likeness (QED) is 0.594. The average molecular weight is 249 g/mol. The van der Waals surface area contributed by atoms with Gasteiger partial charge in [-0.1, -0.05) is 26.0 Å². The normalized spacial score (nSPS) is 12.7. The summed E-state index contributed by atoms with van der Waals surface area (Å²) in [7, 11) is 2.99. The summed E-state index contributed by atoms with van der Waals surface area (Å²) in [5.41, 5.74) is 0.893. The monoisotopic (exact) mass is 249 g/mol. The van der Waals surface area contributed by atoms with Gasteiger partial charge in [-0.25, -0.2) is 4.79 Å². The lowest BCUT2D eigenvalue weighted by atomic mass is 10.1. The lowest BCUT2D eigenvalue weighted by molar-refractivity contribution is -0.143. The largest absolute Gasteiger partial charge is 0.497 e. The fourth-order valence-corrected chi connectivity index (χ4v) is 1.51. The number of carbonyl (C=O) groups is 1. The number of hydrogen-bond donors (Lipinski definition) is 0. The van der Waals surface area contributed by atoms with Crippen LogP contribution >= 0.6 is 0 Å². The second-order valence-electron chi connectivity index (χ2n) is 4.27. The predicted molar refractivity (Wildman–Crippen MR) is 71.2 cm³/mol. The predicted octanol–water partition coefficient (Wildman–Crippen LogP) is 2.31. The summed E-state index contributed by atoms with van der Waals surface area (Å²) < 4.78 is 9.85. The van der Waals surface area contributed by atoms with Crippen LogP contribution in [0.4, 0.5) is 0 Å². The van der Waals surface area contributed by atoms with Crippen molar-refractivity contribution in [2.24, 2.45) is 10.9 Å². The zero-order valence-corrected chi connectivity index (χ0v) is 11.2. The number of methoxy groups -OCH3 is 2. The molecule has 0 heterocycles. The highest BCUT2D eigenvalue weighted by Crippen LogP contribution is 2.12. The molecule has 0 aliphatic carbocycles. The van der Waals surface area contributed by atoms with Crippen LogP contribution in [0.15, 0.2) is 29.3 Å². The van der Waals surface area contributed by atoms with E-state index in [1.165, 1.54) is 7.11 Å². The number of esters is 1. The lowest BCUT2D eigenvalue weighted by Crippen LogP contribution is -2.25. The molecule has 0 fully saturated rings. The van der Waals surface area contributed by atoms with Gasteiger partial charge in [0.05, 0.1) is 14.2 Å². The third-order valence-corrected chi connectivity index (χ3v) is 2.55. The van der Waals surface area contributed by atoms with Gasteiger partial charge in [-0.05, 0) is 23.6 Å². The van der Waals surface area contributed by atoms with E-state index in [2.05, 4.69) is 4.99 Å². The Balaban J connectivity index is 2.85. The molecule has 0 radical (unpaired) electrons. The molecule has 1 atom stereocenters. The molecule has 0 spiro atoms. The highest BCUT2D eigenvalue weighted by Gasteiger charge is 2.20. The average Bonchev–Trinajstić information content (AvgIpc) is 2.38. The van der Waals surface area contributed by atoms with Crippen LogP contribution in [-0.2, 0) is 9.53 Å². The molecule has 4 nitrogen and oxygen atoms in total. The maximum atomic E-state index is 11.5. The van der Waals surface area contributed by atoms with Crippen molar-refractivity contribution in [1.29, 1.82) is 0 Å². The topological polar surface area (TPSA) is 47.9 Å². The Kier molecular flexibility index (Phi) is 5.36. The maximum absolute atomic E-state index is 11.5. The van der Waals surface area contributed by atoms with E-state index in [4.69, 9.17) is 9.47 Å². The number of benzene rings is 1. The molecule has 1 aromatic rings. The summed E-state index contributed by atoms with van der Waals surface area (Å²) in [5.74, 6) is 0.543. The van der Waals surface area contributed by atoms with Crippen LogP contribution in [0, 0.1) is 5.92 Å². The highest BCUT2D eigenvalue weighted by atomic mass is 16.5. The van der Waals surface area contributed by atoms with Crippen LogP contribution in [0.3, 0.4) is 0 Å². The van der Waals surface area contributed by atoms with Crippen molar-refractivity contribution in [3.8, 4) is 5.75 Å². The Morgan fingerprint density at radius 3 is 2.61 bits per heavy atom. The van der Waals surface area contributed by atoms with Crippen LogP contribution in [0.25, 0.3) is 0 Å². The van der Waals surface area contributed by atoms with E-state index >= 15 is 0 Å². The van der Waals surface area contributed by atoms with Gasteiger partial charge in [-0.2, -0.15) is 0 Å². The van der Waals surface area contributed by atoms with E-state index in [0.29, 0.717) is 0 Å². The minimum atomic E-state index is -0.471. The molecule has 0 saturated heterocycles. The van der Waals surface area contributed by atoms with Gasteiger partial charge in [0.2, 0.25) is 0 Å². The first-order valence-electron chi connectivity index (χ1n) is 5.83. The molecular formula is C14H19NO3. The Bertz CT molecular complexity index is 427. The van der Waals surface area contributed by atoms with E-state index in [1.807, 2.05) is 38.1 Å². The van der Waals surface area contributed by atoms with Crippen molar-refractivity contribution in [2.75, 3.05) is 14.2 Å². The zero-order valence-electron chi connectivity index (χ0n) is 11.2. The summed E-state index contributed by atoms with van der Waals surface area (Å²) in [6.07, 6.45) is 1.67. The molecule has 1 rings (SSSR count). The summed E-state index contributed by atoms with van der Waals surface area (Å²) in [6.45, 7) is 3.87. The van der Waals surface area contributed by atoms with Crippen molar-refractivity contribution in [3.05, 3.63) is 29.8 Å². The van der Waals surface area contributed by atoms with E-state index in [-0.39, 0.29) is 11.9 Å². The van der Waals surface area contributed by atoms with Gasteiger partial charge >= 0.3 is 5.97 Å². The molecule has 0 amide bonds. The van der Waals surface area contributed by atoms with Crippen molar-refractivity contribution in [2.45, 2.75) is 19.9 Å². The third-order valence-electron chi connectivity index (χ3n) is 2.55. The lowest BCUT2D eigenvalue weighted by Gasteiger charge is -2.13. The molecular weight excluding hydrogens is 230 g/mol. The van der Waals surface area contributed by atoms with Gasteiger partial charge in [0, 0.05) is 6.21 Å². The van der Waals surface area contributed by atoms with Gasteiger partial charge in [-0.3, -0.25) is 4.99 Å². The Morgan fingerprint density at radius 1 is 1.33 bits per heavy atom. The number of hydrogen-bond acceptors (Lipinski definition) is 4. The Morgan fingerprint density at radius 2 is 2.06 bits per heavy atom. The molecule has 0 bridgehead atoms. The second-order valence-corrected chi connectivity index (χ2v) is 4.27. The van der Waals surface area contributed by atoms with E-state index in [9.17, 15) is 4.79 Å². The highest BCUT2D eigenvalue weighted by molar-refractivity contribution is 5.84. The summed E-state index contributed by atoms with van der Waals surface area (Å²) in [5, 5.41) is 0. The van der Waals surface area contributed by atoms with Crippen LogP contribution < -0.4 is 4.74 Å². The molecule has 98 valence electrons. The first-order chi connectivity index (χ1) is 8.58. The van der Waals surface area contributed by atoms with Crippen LogP contribution in [0.2, 0.25) is 0 Å². The minimum Gasteiger partial charge on any atom is -0.497 e. The molecule has 0 unspecified atom stereocenters. The number of ether oxygens (including phenoxy) is 2. The molecule has 4 heteroatoms. The fourth-order valence-electron chi connectivity index (χ4n) is 1.51. The van der Waals surface area contributed by atoms with E-state index in [1.54, 1.807) is 13.3 Å². The van der Waals surface area contributed by atoms with Gasteiger partial charge in [0.25, 0.3) is 0 Å². The van der Waals surface area contributed by atoms with E-state index in [0.717, 1.165) is 11.3 Å². The number of nitrogens with zero attached hydrogens (tertiary/aromatic N) is 1. The first kappa shape index (κ1) is 14.2. The number of aliphatic imine (C=N–C) groups is 1. The van der Waals surface area contributed by atoms with Gasteiger partial charge in [0.15, 0.2) is 0 Å². The summed E-state index contributed by atoms with van der Waals surface area (Å²) in [6, 6.07) is 7.03. The Labute approximate surface area is 108 Å². The van der Waals surface area contributed by atoms with Crippen molar-refractivity contribution in [3.63, 3.8) is 0 Å². The summed E-state index contributed by atoms with van der Waals surface area (Å²) >= 11 is 0. The molecule has 0 aliphatic heterocycles. The number of carbonyl (C=O) groups excluding carboxylic acids is 1. The van der Waals surface area contributed by atoms with Gasteiger partial charge in [-0.15, -0.1) is 0 Å². The first-order valence-corrected chi connectivity index (χ1v) is 5.83.